The first-order valence-electron chi connectivity index (χ1n) is 7.86. The highest BCUT2D eigenvalue weighted by Crippen LogP contribution is 2.42. The maximum Gasteiger partial charge on any atom is 0.0743 e. The van der Waals surface area contributed by atoms with Gasteiger partial charge in [0, 0.05) is 19.2 Å². The van der Waals surface area contributed by atoms with Crippen molar-refractivity contribution in [2.24, 2.45) is 11.7 Å². The van der Waals surface area contributed by atoms with Crippen molar-refractivity contribution in [2.75, 3.05) is 19.7 Å². The summed E-state index contributed by atoms with van der Waals surface area (Å²) in [7, 11) is 0. The van der Waals surface area contributed by atoms with Gasteiger partial charge in [0.2, 0.25) is 0 Å². The van der Waals surface area contributed by atoms with Crippen molar-refractivity contribution in [3.05, 3.63) is 0 Å². The van der Waals surface area contributed by atoms with Crippen LogP contribution in [-0.4, -0.2) is 42.3 Å². The zero-order chi connectivity index (χ0) is 12.6. The molecular formula is C15H28N2O. The summed E-state index contributed by atoms with van der Waals surface area (Å²) in [6, 6.07) is 0.792. The van der Waals surface area contributed by atoms with Crippen LogP contribution in [0.3, 0.4) is 0 Å². The molecule has 3 nitrogen and oxygen atoms in total. The number of hydrogen-bond acceptors (Lipinski definition) is 3. The fourth-order valence-corrected chi connectivity index (χ4v) is 4.71. The molecule has 0 amide bonds. The van der Waals surface area contributed by atoms with E-state index in [2.05, 4.69) is 11.8 Å². The van der Waals surface area contributed by atoms with E-state index in [-0.39, 0.29) is 5.54 Å². The van der Waals surface area contributed by atoms with Gasteiger partial charge in [-0.2, -0.15) is 0 Å². The fraction of sp³-hybridized carbons (Fsp3) is 1.00. The molecule has 0 aromatic carbocycles. The second-order valence-electron chi connectivity index (χ2n) is 6.52. The minimum atomic E-state index is 0.143. The van der Waals surface area contributed by atoms with Crippen molar-refractivity contribution in [3.8, 4) is 0 Å². The Kier molecular flexibility index (Phi) is 3.65. The van der Waals surface area contributed by atoms with E-state index in [1.807, 2.05) is 0 Å². The van der Waals surface area contributed by atoms with Crippen LogP contribution < -0.4 is 5.73 Å². The standard InChI is InChI=1S/C15H28N2O/c1-12-15(11-16,8-10-18-12)17-9-4-7-14(17)13-5-2-3-6-13/h12-14H,2-11,16H2,1H3. The molecule has 0 aromatic heterocycles. The maximum absolute atomic E-state index is 6.18. The molecule has 0 aromatic rings. The normalized spacial score (nSPS) is 43.0. The third-order valence-corrected chi connectivity index (χ3v) is 5.83. The van der Waals surface area contributed by atoms with Gasteiger partial charge in [-0.3, -0.25) is 4.90 Å². The smallest absolute Gasteiger partial charge is 0.0743 e. The summed E-state index contributed by atoms with van der Waals surface area (Å²) in [5, 5.41) is 0. The Labute approximate surface area is 111 Å². The van der Waals surface area contributed by atoms with Crippen molar-refractivity contribution in [1.29, 1.82) is 0 Å². The van der Waals surface area contributed by atoms with Gasteiger partial charge in [-0.1, -0.05) is 12.8 Å². The van der Waals surface area contributed by atoms with Crippen LogP contribution in [0, 0.1) is 5.92 Å². The highest BCUT2D eigenvalue weighted by molar-refractivity contribution is 5.05. The summed E-state index contributed by atoms with van der Waals surface area (Å²) in [4.78, 5) is 2.76. The molecule has 0 bridgehead atoms. The first kappa shape index (κ1) is 12.9. The lowest BCUT2D eigenvalue weighted by Crippen LogP contribution is -2.60. The molecule has 1 saturated carbocycles. The predicted molar refractivity (Wildman–Crippen MR) is 73.5 cm³/mol. The highest BCUT2D eigenvalue weighted by Gasteiger charge is 2.50. The summed E-state index contributed by atoms with van der Waals surface area (Å²) in [6.07, 6.45) is 9.95. The number of likely N-dealkylation sites (tertiary alicyclic amines) is 1. The SMILES string of the molecule is CC1OCCC1(CN)N1CCCC1C1CCCC1. The molecule has 3 heteroatoms. The lowest BCUT2D eigenvalue weighted by molar-refractivity contribution is -0.00527. The average molecular weight is 252 g/mol. The van der Waals surface area contributed by atoms with E-state index in [9.17, 15) is 0 Å². The van der Waals surface area contributed by atoms with Crippen LogP contribution in [0.5, 0.6) is 0 Å². The maximum atomic E-state index is 6.18. The molecule has 104 valence electrons. The lowest BCUT2D eigenvalue weighted by atomic mass is 9.86. The molecule has 3 aliphatic rings. The van der Waals surface area contributed by atoms with E-state index in [0.29, 0.717) is 6.10 Å². The van der Waals surface area contributed by atoms with E-state index in [1.165, 1.54) is 45.1 Å². The lowest BCUT2D eigenvalue weighted by Gasteiger charge is -2.45. The zero-order valence-corrected chi connectivity index (χ0v) is 11.7. The molecule has 0 spiro atoms. The van der Waals surface area contributed by atoms with Gasteiger partial charge in [-0.05, 0) is 51.5 Å². The van der Waals surface area contributed by atoms with Crippen molar-refractivity contribution in [2.45, 2.75) is 69.6 Å². The van der Waals surface area contributed by atoms with Gasteiger partial charge in [-0.25, -0.2) is 0 Å². The summed E-state index contributed by atoms with van der Waals surface area (Å²) in [5.41, 5.74) is 6.32. The molecule has 3 unspecified atom stereocenters. The van der Waals surface area contributed by atoms with Gasteiger partial charge in [-0.15, -0.1) is 0 Å². The largest absolute Gasteiger partial charge is 0.376 e. The minimum Gasteiger partial charge on any atom is -0.376 e. The molecule has 2 saturated heterocycles. The Balaban J connectivity index is 1.80. The van der Waals surface area contributed by atoms with Crippen LogP contribution in [0.1, 0.15) is 51.9 Å². The number of ether oxygens (including phenoxy) is 1. The second-order valence-corrected chi connectivity index (χ2v) is 6.52. The first-order valence-corrected chi connectivity index (χ1v) is 7.86. The molecule has 2 heterocycles. The van der Waals surface area contributed by atoms with Crippen molar-refractivity contribution in [3.63, 3.8) is 0 Å². The monoisotopic (exact) mass is 252 g/mol. The van der Waals surface area contributed by atoms with E-state index >= 15 is 0 Å². The van der Waals surface area contributed by atoms with E-state index in [0.717, 1.165) is 31.5 Å². The van der Waals surface area contributed by atoms with Gasteiger partial charge in [0.25, 0.3) is 0 Å². The number of nitrogens with two attached hydrogens (primary N) is 1. The number of nitrogens with zero attached hydrogens (tertiary/aromatic N) is 1. The fourth-order valence-electron chi connectivity index (χ4n) is 4.71. The van der Waals surface area contributed by atoms with Crippen LogP contribution in [-0.2, 0) is 4.74 Å². The van der Waals surface area contributed by atoms with Crippen molar-refractivity contribution in [1.82, 2.24) is 4.90 Å². The summed E-state index contributed by atoms with van der Waals surface area (Å²) >= 11 is 0. The third kappa shape index (κ3) is 1.91. The summed E-state index contributed by atoms with van der Waals surface area (Å²) in [5.74, 6) is 0.934. The van der Waals surface area contributed by atoms with Crippen LogP contribution in [0.4, 0.5) is 0 Å². The molecule has 1 aliphatic carbocycles. The molecule has 3 rings (SSSR count). The van der Waals surface area contributed by atoms with Gasteiger partial charge in [0.1, 0.15) is 0 Å². The zero-order valence-electron chi connectivity index (χ0n) is 11.7. The number of rotatable bonds is 3. The predicted octanol–water partition coefficient (Wildman–Crippen LogP) is 2.15. The van der Waals surface area contributed by atoms with Crippen LogP contribution in [0.15, 0.2) is 0 Å². The van der Waals surface area contributed by atoms with E-state index in [1.54, 1.807) is 0 Å². The summed E-state index contributed by atoms with van der Waals surface area (Å²) < 4.78 is 5.86. The summed E-state index contributed by atoms with van der Waals surface area (Å²) in [6.45, 7) is 5.12. The minimum absolute atomic E-state index is 0.143. The highest BCUT2D eigenvalue weighted by atomic mass is 16.5. The topological polar surface area (TPSA) is 38.5 Å². The van der Waals surface area contributed by atoms with Gasteiger partial charge < -0.3 is 10.5 Å². The first-order chi connectivity index (χ1) is 8.78. The quantitative estimate of drug-likeness (QED) is 0.836. The molecular weight excluding hydrogens is 224 g/mol. The van der Waals surface area contributed by atoms with Crippen LogP contribution >= 0.6 is 0 Å². The molecule has 18 heavy (non-hydrogen) atoms. The van der Waals surface area contributed by atoms with Gasteiger partial charge in [0.05, 0.1) is 11.6 Å². The van der Waals surface area contributed by atoms with Crippen molar-refractivity contribution < 1.29 is 4.74 Å². The third-order valence-electron chi connectivity index (χ3n) is 5.83. The van der Waals surface area contributed by atoms with Gasteiger partial charge in [0.15, 0.2) is 0 Å². The second kappa shape index (κ2) is 5.10. The molecule has 2 aliphatic heterocycles. The Morgan fingerprint density at radius 2 is 2.00 bits per heavy atom. The Bertz CT molecular complexity index is 290. The molecule has 2 N–H and O–H groups in total. The Morgan fingerprint density at radius 1 is 1.22 bits per heavy atom. The van der Waals surface area contributed by atoms with Gasteiger partial charge >= 0.3 is 0 Å². The Hall–Kier alpha value is -0.120. The van der Waals surface area contributed by atoms with E-state index < -0.39 is 0 Å². The van der Waals surface area contributed by atoms with Crippen LogP contribution in [0.25, 0.3) is 0 Å². The van der Waals surface area contributed by atoms with Crippen molar-refractivity contribution >= 4 is 0 Å². The van der Waals surface area contributed by atoms with E-state index in [4.69, 9.17) is 10.5 Å². The molecule has 3 fully saturated rings. The Morgan fingerprint density at radius 3 is 2.61 bits per heavy atom. The number of hydrogen-bond donors (Lipinski definition) is 1. The molecule has 0 radical (unpaired) electrons. The molecule has 3 atom stereocenters. The van der Waals surface area contributed by atoms with Crippen LogP contribution in [0.2, 0.25) is 0 Å². The average Bonchev–Trinajstić information content (AvgIpc) is 3.08.